The second-order valence-electron chi connectivity index (χ2n) is 12.4. The van der Waals surface area contributed by atoms with Crippen LogP contribution in [0.2, 0.25) is 0 Å². The lowest BCUT2D eigenvalue weighted by molar-refractivity contribution is -0.205. The molecule has 0 spiro atoms. The summed E-state index contributed by atoms with van der Waals surface area (Å²) in [6.07, 6.45) is 5.69. The van der Waals surface area contributed by atoms with Crippen LogP contribution >= 0.6 is 0 Å². The van der Waals surface area contributed by atoms with E-state index in [2.05, 4.69) is 38.7 Å². The first-order valence-corrected chi connectivity index (χ1v) is 14.9. The summed E-state index contributed by atoms with van der Waals surface area (Å²) in [6.45, 7) is 14.3. The van der Waals surface area contributed by atoms with Gasteiger partial charge in [-0.05, 0) is 73.1 Å². The predicted molar refractivity (Wildman–Crippen MR) is 159 cm³/mol. The lowest BCUT2D eigenvalue weighted by Gasteiger charge is -2.31. The van der Waals surface area contributed by atoms with E-state index in [4.69, 9.17) is 29.7 Å². The van der Waals surface area contributed by atoms with Crippen LogP contribution in [0.4, 0.5) is 5.82 Å². The maximum Gasteiger partial charge on any atom is 0.203 e. The van der Waals surface area contributed by atoms with Crippen LogP contribution in [0.5, 0.6) is 5.75 Å². The summed E-state index contributed by atoms with van der Waals surface area (Å²) in [6, 6.07) is 6.36. The lowest BCUT2D eigenvalue weighted by atomic mass is 10.0. The molecule has 0 radical (unpaired) electrons. The van der Waals surface area contributed by atoms with E-state index in [1.54, 1.807) is 6.33 Å². The number of ether oxygens (including phenoxy) is 4. The molecule has 226 valence electrons. The second kappa shape index (κ2) is 11.1. The number of imidazole rings is 2. The fourth-order valence-corrected chi connectivity index (χ4v) is 6.14. The second-order valence-corrected chi connectivity index (χ2v) is 12.4. The van der Waals surface area contributed by atoms with Gasteiger partial charge in [-0.2, -0.15) is 0 Å². The van der Waals surface area contributed by atoms with Crippen molar-refractivity contribution < 1.29 is 18.9 Å². The zero-order valence-electron chi connectivity index (χ0n) is 25.3. The summed E-state index contributed by atoms with van der Waals surface area (Å²) >= 11 is 0. The first-order chi connectivity index (χ1) is 20.0. The largest absolute Gasteiger partial charge is 0.491 e. The number of rotatable bonds is 11. The van der Waals surface area contributed by atoms with E-state index in [-0.39, 0.29) is 18.3 Å². The van der Waals surface area contributed by atoms with Crippen molar-refractivity contribution in [1.82, 2.24) is 34.4 Å². The Morgan fingerprint density at radius 1 is 1.17 bits per heavy atom. The van der Waals surface area contributed by atoms with Gasteiger partial charge < -0.3 is 29.7 Å². The number of H-pyrrole nitrogens is 1. The SMILES string of the molecule is CC(C)Oc1ccc2nc(CCCCN(CC3OCC4(n5cnc6c(N)ncnc65)OC(C)(C)OC34)C(C)C)[nH]c2c1. The van der Waals surface area contributed by atoms with Gasteiger partial charge in [-0.15, -0.1) is 0 Å². The molecule has 0 amide bonds. The number of nitrogen functional groups attached to an aromatic ring is 1. The predicted octanol–water partition coefficient (Wildman–Crippen LogP) is 4.01. The minimum Gasteiger partial charge on any atom is -0.491 e. The fraction of sp³-hybridized carbons (Fsp3) is 0.600. The number of anilines is 1. The van der Waals surface area contributed by atoms with Gasteiger partial charge in [-0.25, -0.2) is 19.9 Å². The molecule has 3 N–H and O–H groups in total. The third kappa shape index (κ3) is 5.44. The van der Waals surface area contributed by atoms with Crippen molar-refractivity contribution in [3.63, 3.8) is 0 Å². The molecule has 6 rings (SSSR count). The topological polar surface area (TPSA) is 138 Å². The highest BCUT2D eigenvalue weighted by Crippen LogP contribution is 2.47. The van der Waals surface area contributed by atoms with Crippen LogP contribution in [0.1, 0.15) is 60.2 Å². The molecule has 2 aliphatic heterocycles. The summed E-state index contributed by atoms with van der Waals surface area (Å²) < 4.78 is 27.2. The highest BCUT2D eigenvalue weighted by atomic mass is 16.8. The summed E-state index contributed by atoms with van der Waals surface area (Å²) in [5, 5.41) is 0. The normalized spacial score (nSPS) is 23.6. The number of unbranched alkanes of at least 4 members (excludes halogenated alkanes) is 1. The Morgan fingerprint density at radius 2 is 2.00 bits per heavy atom. The van der Waals surface area contributed by atoms with Crippen LogP contribution in [-0.2, 0) is 26.4 Å². The van der Waals surface area contributed by atoms with Gasteiger partial charge in [0.2, 0.25) is 5.72 Å². The monoisotopic (exact) mass is 578 g/mol. The van der Waals surface area contributed by atoms with Crippen molar-refractivity contribution in [1.29, 1.82) is 0 Å². The molecule has 2 fully saturated rings. The zero-order valence-corrected chi connectivity index (χ0v) is 25.3. The number of nitrogens with zero attached hydrogens (tertiary/aromatic N) is 6. The van der Waals surface area contributed by atoms with Crippen molar-refractivity contribution in [2.45, 2.75) is 96.7 Å². The van der Waals surface area contributed by atoms with Crippen molar-refractivity contribution in [2.75, 3.05) is 25.4 Å². The van der Waals surface area contributed by atoms with Gasteiger partial charge in [-0.1, -0.05) is 0 Å². The molecular formula is C30H42N8O4. The van der Waals surface area contributed by atoms with Gasteiger partial charge >= 0.3 is 0 Å². The van der Waals surface area contributed by atoms with Crippen molar-refractivity contribution in [3.05, 3.63) is 36.7 Å². The van der Waals surface area contributed by atoms with Gasteiger partial charge in [0, 0.05) is 25.1 Å². The number of hydrogen-bond acceptors (Lipinski definition) is 10. The van der Waals surface area contributed by atoms with Crippen molar-refractivity contribution in [2.24, 2.45) is 0 Å². The zero-order chi connectivity index (χ0) is 29.6. The van der Waals surface area contributed by atoms with E-state index in [1.165, 1.54) is 6.33 Å². The average Bonchev–Trinajstić information content (AvgIpc) is 3.66. The van der Waals surface area contributed by atoms with Crippen molar-refractivity contribution >= 4 is 28.0 Å². The molecule has 5 heterocycles. The van der Waals surface area contributed by atoms with Gasteiger partial charge in [0.15, 0.2) is 17.3 Å². The number of aromatic amines is 1. The number of aromatic nitrogens is 6. The molecule has 0 aliphatic carbocycles. The summed E-state index contributed by atoms with van der Waals surface area (Å²) in [5.41, 5.74) is 8.30. The van der Waals surface area contributed by atoms with Crippen LogP contribution in [0, 0.1) is 0 Å². The number of benzene rings is 1. The Bertz CT molecular complexity index is 1550. The van der Waals surface area contributed by atoms with Gasteiger partial charge in [0.25, 0.3) is 0 Å². The Kier molecular flexibility index (Phi) is 7.58. The first-order valence-electron chi connectivity index (χ1n) is 14.9. The molecule has 3 atom stereocenters. The van der Waals surface area contributed by atoms with Crippen LogP contribution in [-0.4, -0.2) is 84.2 Å². The van der Waals surface area contributed by atoms with E-state index in [0.29, 0.717) is 29.6 Å². The molecule has 0 saturated carbocycles. The third-order valence-electron chi connectivity index (χ3n) is 8.02. The van der Waals surface area contributed by atoms with Crippen LogP contribution in [0.15, 0.2) is 30.9 Å². The van der Waals surface area contributed by atoms with Gasteiger partial charge in [0.05, 0.1) is 30.1 Å². The number of hydrogen-bond donors (Lipinski definition) is 2. The maximum atomic E-state index is 6.56. The Labute approximate surface area is 245 Å². The lowest BCUT2D eigenvalue weighted by Crippen LogP contribution is -2.47. The molecule has 2 saturated heterocycles. The summed E-state index contributed by atoms with van der Waals surface area (Å²) in [4.78, 5) is 23.7. The standard InChI is InChI=1S/C30H42N8O4/c1-18(2)37(12-8-7-9-24-35-21-11-10-20(40-19(3)4)13-22(21)36-24)14-23-26-30(15-39-23,42-29(5,6)41-26)38-17-34-25-27(31)32-16-33-28(25)38/h10-11,13,16-19,23,26H,7-9,12,14-15H2,1-6H3,(H,35,36)(H2,31,32,33). The fourth-order valence-electron chi connectivity index (χ4n) is 6.14. The molecule has 42 heavy (non-hydrogen) atoms. The van der Waals surface area contributed by atoms with Gasteiger partial charge in [-0.3, -0.25) is 9.47 Å². The first kappa shape index (κ1) is 28.8. The number of aryl methyl sites for hydroxylation is 1. The van der Waals surface area contributed by atoms with Gasteiger partial charge in [0.1, 0.15) is 35.6 Å². The molecule has 3 aromatic heterocycles. The highest BCUT2D eigenvalue weighted by Gasteiger charge is 2.63. The minimum atomic E-state index is -0.895. The molecular weight excluding hydrogens is 536 g/mol. The third-order valence-corrected chi connectivity index (χ3v) is 8.02. The van der Waals surface area contributed by atoms with Crippen LogP contribution in [0.3, 0.4) is 0 Å². The average molecular weight is 579 g/mol. The van der Waals surface area contributed by atoms with Crippen molar-refractivity contribution in [3.8, 4) is 5.75 Å². The van der Waals surface area contributed by atoms with E-state index >= 15 is 0 Å². The highest BCUT2D eigenvalue weighted by molar-refractivity contribution is 5.81. The Morgan fingerprint density at radius 3 is 2.79 bits per heavy atom. The Hall–Kier alpha value is -3.32. The Balaban J connectivity index is 1.11. The van der Waals surface area contributed by atoms with E-state index < -0.39 is 11.5 Å². The molecule has 12 nitrogen and oxygen atoms in total. The van der Waals surface area contributed by atoms with E-state index in [0.717, 1.165) is 55.0 Å². The van der Waals surface area contributed by atoms with E-state index in [9.17, 15) is 0 Å². The molecule has 1 aromatic carbocycles. The molecule has 12 heteroatoms. The van der Waals surface area contributed by atoms with E-state index in [1.807, 2.05) is 50.5 Å². The minimum absolute atomic E-state index is 0.138. The maximum absolute atomic E-state index is 6.56. The summed E-state index contributed by atoms with van der Waals surface area (Å²) in [7, 11) is 0. The molecule has 2 aliphatic rings. The smallest absolute Gasteiger partial charge is 0.203 e. The van der Waals surface area contributed by atoms with Crippen LogP contribution in [0.25, 0.3) is 22.2 Å². The number of nitrogens with one attached hydrogen (secondary N) is 1. The summed E-state index contributed by atoms with van der Waals surface area (Å²) in [5.74, 6) is 1.40. The molecule has 3 unspecified atom stereocenters. The molecule has 4 aromatic rings. The van der Waals surface area contributed by atoms with Crippen LogP contribution < -0.4 is 10.5 Å². The number of fused-ring (bicyclic) bond motifs is 3. The quantitative estimate of drug-likeness (QED) is 0.251. The number of nitrogens with two attached hydrogens (primary N) is 1. The molecule has 0 bridgehead atoms.